The predicted octanol–water partition coefficient (Wildman–Crippen LogP) is 2.90. The quantitative estimate of drug-likeness (QED) is 0.866. The lowest BCUT2D eigenvalue weighted by atomic mass is 10.3. The van der Waals surface area contributed by atoms with E-state index in [4.69, 9.17) is 4.74 Å². The molecule has 0 saturated heterocycles. The van der Waals surface area contributed by atoms with Crippen molar-refractivity contribution in [2.75, 3.05) is 0 Å². The minimum Gasteiger partial charge on any atom is -0.481 e. The van der Waals surface area contributed by atoms with Gasteiger partial charge in [-0.25, -0.2) is 0 Å². The number of aromatic nitrogens is 1. The molecule has 1 unspecified atom stereocenters. The van der Waals surface area contributed by atoms with Crippen molar-refractivity contribution in [2.24, 2.45) is 4.99 Å². The molecule has 0 bridgehead atoms. The predicted molar refractivity (Wildman–Crippen MR) is 82.3 cm³/mol. The zero-order chi connectivity index (χ0) is 15.2. The summed E-state index contributed by atoms with van der Waals surface area (Å²) in [4.78, 5) is 17.0. The molecule has 4 heteroatoms. The minimum atomic E-state index is -0.582. The van der Waals surface area contributed by atoms with Crippen molar-refractivity contribution in [1.29, 1.82) is 0 Å². The molecule has 1 aromatic heterocycles. The highest BCUT2D eigenvalue weighted by molar-refractivity contribution is 5.83. The Morgan fingerprint density at radius 1 is 1.05 bits per heavy atom. The van der Waals surface area contributed by atoms with Gasteiger partial charge in [0.2, 0.25) is 0 Å². The van der Waals surface area contributed by atoms with E-state index in [-0.39, 0.29) is 11.9 Å². The number of benzene rings is 1. The van der Waals surface area contributed by atoms with Gasteiger partial charge in [-0.2, -0.15) is 0 Å². The van der Waals surface area contributed by atoms with Crippen molar-refractivity contribution < 1.29 is 9.53 Å². The maximum Gasteiger partial charge on any atom is 0.272 e. The molecule has 0 spiro atoms. The van der Waals surface area contributed by atoms with E-state index in [2.05, 4.69) is 4.99 Å². The first kappa shape index (κ1) is 15.0. The van der Waals surface area contributed by atoms with Gasteiger partial charge in [0.25, 0.3) is 5.91 Å². The summed E-state index contributed by atoms with van der Waals surface area (Å²) in [6.45, 7) is 5.70. The Morgan fingerprint density at radius 2 is 1.71 bits per heavy atom. The number of nitrogens with zero attached hydrogens (tertiary/aromatic N) is 2. The van der Waals surface area contributed by atoms with Crippen LogP contribution in [0, 0.1) is 0 Å². The van der Waals surface area contributed by atoms with Crippen LogP contribution in [-0.4, -0.2) is 22.6 Å². The number of hydrogen-bond acceptors (Lipinski definition) is 3. The van der Waals surface area contributed by atoms with Crippen LogP contribution in [0.5, 0.6) is 5.75 Å². The Hall–Kier alpha value is -2.36. The van der Waals surface area contributed by atoms with Gasteiger partial charge in [0.1, 0.15) is 11.2 Å². The summed E-state index contributed by atoms with van der Waals surface area (Å²) >= 11 is 0. The normalized spacial score (nSPS) is 13.2. The van der Waals surface area contributed by atoms with Crippen LogP contribution in [0.15, 0.2) is 59.7 Å². The van der Waals surface area contributed by atoms with Gasteiger partial charge >= 0.3 is 0 Å². The molecule has 0 aliphatic carbocycles. The maximum absolute atomic E-state index is 12.5. The van der Waals surface area contributed by atoms with E-state index in [0.29, 0.717) is 11.2 Å². The van der Waals surface area contributed by atoms with Crippen LogP contribution in [0.4, 0.5) is 0 Å². The zero-order valence-corrected chi connectivity index (χ0v) is 12.6. The van der Waals surface area contributed by atoms with Crippen LogP contribution >= 0.6 is 0 Å². The molecule has 2 rings (SSSR count). The van der Waals surface area contributed by atoms with Crippen LogP contribution < -0.4 is 10.2 Å². The molecule has 1 atom stereocenters. The molecular weight excluding hydrogens is 264 g/mol. The van der Waals surface area contributed by atoms with Crippen LogP contribution in [-0.2, 0) is 0 Å². The SMILES string of the molecule is CC(C)N=c1ccccn1C(=O)C(C)Oc1ccccc1. The number of ether oxygens (including phenoxy) is 1. The largest absolute Gasteiger partial charge is 0.481 e. The third-order valence-electron chi connectivity index (χ3n) is 2.87. The first-order valence-electron chi connectivity index (χ1n) is 7.05. The Morgan fingerprint density at radius 3 is 2.38 bits per heavy atom. The smallest absolute Gasteiger partial charge is 0.272 e. The summed E-state index contributed by atoms with van der Waals surface area (Å²) in [5, 5.41) is 0. The first-order valence-corrected chi connectivity index (χ1v) is 7.05. The van der Waals surface area contributed by atoms with E-state index in [1.165, 1.54) is 4.57 Å². The number of rotatable bonds is 4. The van der Waals surface area contributed by atoms with Crippen molar-refractivity contribution in [3.63, 3.8) is 0 Å². The van der Waals surface area contributed by atoms with Crippen LogP contribution in [0.3, 0.4) is 0 Å². The van der Waals surface area contributed by atoms with Gasteiger partial charge < -0.3 is 4.74 Å². The van der Waals surface area contributed by atoms with Crippen molar-refractivity contribution in [1.82, 2.24) is 4.57 Å². The second-order valence-corrected chi connectivity index (χ2v) is 5.06. The fraction of sp³-hybridized carbons (Fsp3) is 0.294. The average Bonchev–Trinajstić information content (AvgIpc) is 2.47. The standard InChI is InChI=1S/C17H20N2O2/c1-13(2)18-16-11-7-8-12-19(16)17(20)14(3)21-15-9-5-4-6-10-15/h4-14H,1-3H3. The lowest BCUT2D eigenvalue weighted by Crippen LogP contribution is -2.36. The van der Waals surface area contributed by atoms with Crippen molar-refractivity contribution in [3.05, 3.63) is 60.2 Å². The molecule has 110 valence electrons. The lowest BCUT2D eigenvalue weighted by Gasteiger charge is -2.15. The molecule has 0 fully saturated rings. The van der Waals surface area contributed by atoms with Gasteiger partial charge in [0.15, 0.2) is 6.10 Å². The summed E-state index contributed by atoms with van der Waals surface area (Å²) < 4.78 is 7.21. The summed E-state index contributed by atoms with van der Waals surface area (Å²) in [7, 11) is 0. The molecule has 1 aromatic carbocycles. The monoisotopic (exact) mass is 284 g/mol. The summed E-state index contributed by atoms with van der Waals surface area (Å²) in [5.74, 6) is 0.538. The van der Waals surface area contributed by atoms with E-state index in [1.54, 1.807) is 13.1 Å². The van der Waals surface area contributed by atoms with E-state index in [1.807, 2.05) is 62.4 Å². The van der Waals surface area contributed by atoms with Crippen molar-refractivity contribution in [2.45, 2.75) is 32.9 Å². The van der Waals surface area contributed by atoms with Crippen molar-refractivity contribution >= 4 is 5.91 Å². The average molecular weight is 284 g/mol. The fourth-order valence-corrected chi connectivity index (χ4v) is 1.94. The maximum atomic E-state index is 12.5. The third kappa shape index (κ3) is 4.05. The Kier molecular flexibility index (Phi) is 4.93. The van der Waals surface area contributed by atoms with E-state index in [9.17, 15) is 4.79 Å². The second-order valence-electron chi connectivity index (χ2n) is 5.06. The van der Waals surface area contributed by atoms with E-state index < -0.39 is 6.10 Å². The topological polar surface area (TPSA) is 43.6 Å². The summed E-state index contributed by atoms with van der Waals surface area (Å²) in [6, 6.07) is 15.0. The number of para-hydroxylation sites is 1. The highest BCUT2D eigenvalue weighted by atomic mass is 16.5. The number of carbonyl (C=O) groups excluding carboxylic acids is 1. The highest BCUT2D eigenvalue weighted by Crippen LogP contribution is 2.11. The summed E-state index contributed by atoms with van der Waals surface area (Å²) in [6.07, 6.45) is 1.13. The summed E-state index contributed by atoms with van der Waals surface area (Å²) in [5.41, 5.74) is 0.640. The molecule has 4 nitrogen and oxygen atoms in total. The van der Waals surface area contributed by atoms with E-state index >= 15 is 0 Å². The van der Waals surface area contributed by atoms with Gasteiger partial charge in [-0.15, -0.1) is 0 Å². The first-order chi connectivity index (χ1) is 10.1. The molecule has 1 heterocycles. The lowest BCUT2D eigenvalue weighted by molar-refractivity contribution is 0.0721. The van der Waals surface area contributed by atoms with Crippen LogP contribution in [0.25, 0.3) is 0 Å². The second kappa shape index (κ2) is 6.88. The van der Waals surface area contributed by atoms with Crippen molar-refractivity contribution in [3.8, 4) is 5.75 Å². The highest BCUT2D eigenvalue weighted by Gasteiger charge is 2.16. The molecule has 21 heavy (non-hydrogen) atoms. The minimum absolute atomic E-state index is 0.122. The van der Waals surface area contributed by atoms with Gasteiger partial charge in [-0.3, -0.25) is 14.4 Å². The van der Waals surface area contributed by atoms with E-state index in [0.717, 1.165) is 0 Å². The van der Waals surface area contributed by atoms with Gasteiger partial charge in [-0.1, -0.05) is 24.3 Å². The number of hydrogen-bond donors (Lipinski definition) is 0. The fourth-order valence-electron chi connectivity index (χ4n) is 1.94. The number of carbonyl (C=O) groups is 1. The Labute approximate surface area is 124 Å². The molecule has 0 saturated carbocycles. The number of pyridine rings is 1. The molecule has 0 radical (unpaired) electrons. The third-order valence-corrected chi connectivity index (χ3v) is 2.87. The molecular formula is C17H20N2O2. The molecule has 0 aliphatic heterocycles. The molecule has 0 aliphatic rings. The molecule has 0 amide bonds. The van der Waals surface area contributed by atoms with Crippen LogP contribution in [0.2, 0.25) is 0 Å². The molecule has 2 aromatic rings. The Balaban J connectivity index is 2.24. The van der Waals surface area contributed by atoms with Gasteiger partial charge in [-0.05, 0) is 45.0 Å². The van der Waals surface area contributed by atoms with Gasteiger partial charge in [0, 0.05) is 12.2 Å². The van der Waals surface area contributed by atoms with Crippen LogP contribution in [0.1, 0.15) is 25.6 Å². The van der Waals surface area contributed by atoms with Gasteiger partial charge in [0.05, 0.1) is 0 Å². The zero-order valence-electron chi connectivity index (χ0n) is 12.6. The Bertz CT molecular complexity index is 660. The molecule has 0 N–H and O–H groups in total.